The van der Waals surface area contributed by atoms with Gasteiger partial charge in [0.15, 0.2) is 0 Å². The summed E-state index contributed by atoms with van der Waals surface area (Å²) in [5.41, 5.74) is 5.98. The second-order valence-corrected chi connectivity index (χ2v) is 6.12. The maximum Gasteiger partial charge on any atom is 0.0221 e. The maximum absolute atomic E-state index is 5.98. The van der Waals surface area contributed by atoms with E-state index in [1.165, 1.54) is 64.3 Å². The molecule has 0 aromatic heterocycles. The van der Waals surface area contributed by atoms with Crippen LogP contribution in [0.1, 0.15) is 64.7 Å². The van der Waals surface area contributed by atoms with Crippen molar-refractivity contribution in [3.05, 3.63) is 0 Å². The van der Waals surface area contributed by atoms with Gasteiger partial charge in [0, 0.05) is 25.2 Å². The molecule has 1 saturated heterocycles. The van der Waals surface area contributed by atoms with Gasteiger partial charge in [-0.1, -0.05) is 39.0 Å². The highest BCUT2D eigenvalue weighted by molar-refractivity contribution is 4.95. The Balaban J connectivity index is 1.66. The number of likely N-dealkylation sites (tertiary alicyclic amines) is 1. The summed E-state index contributed by atoms with van der Waals surface area (Å²) >= 11 is 0. The molecule has 0 amide bonds. The van der Waals surface area contributed by atoms with Crippen LogP contribution >= 0.6 is 0 Å². The molecule has 2 aliphatic rings. The Morgan fingerprint density at radius 2 is 2.00 bits per heavy atom. The molecule has 3 unspecified atom stereocenters. The molecular formula is C15H30N2. The van der Waals surface area contributed by atoms with Gasteiger partial charge in [-0.25, -0.2) is 0 Å². The first kappa shape index (κ1) is 13.4. The summed E-state index contributed by atoms with van der Waals surface area (Å²) in [6.07, 6.45) is 12.7. The number of hydrogen-bond donors (Lipinski definition) is 1. The topological polar surface area (TPSA) is 29.3 Å². The lowest BCUT2D eigenvalue weighted by molar-refractivity contribution is 0.143. The van der Waals surface area contributed by atoms with Gasteiger partial charge < -0.3 is 5.73 Å². The van der Waals surface area contributed by atoms with Crippen molar-refractivity contribution < 1.29 is 0 Å². The van der Waals surface area contributed by atoms with E-state index in [4.69, 9.17) is 5.73 Å². The van der Waals surface area contributed by atoms with Gasteiger partial charge in [0.25, 0.3) is 0 Å². The van der Waals surface area contributed by atoms with E-state index < -0.39 is 0 Å². The van der Waals surface area contributed by atoms with Gasteiger partial charge >= 0.3 is 0 Å². The van der Waals surface area contributed by atoms with Gasteiger partial charge in [0.2, 0.25) is 0 Å². The van der Waals surface area contributed by atoms with Gasteiger partial charge in [-0.15, -0.1) is 0 Å². The first-order valence-electron chi connectivity index (χ1n) is 7.81. The smallest absolute Gasteiger partial charge is 0.0221 e. The van der Waals surface area contributed by atoms with E-state index in [2.05, 4.69) is 11.8 Å². The number of nitrogens with zero attached hydrogens (tertiary/aromatic N) is 1. The molecule has 1 saturated carbocycles. The second-order valence-electron chi connectivity index (χ2n) is 6.12. The van der Waals surface area contributed by atoms with Crippen LogP contribution in [0.25, 0.3) is 0 Å². The van der Waals surface area contributed by atoms with Crippen LogP contribution in [0, 0.1) is 5.92 Å². The molecule has 100 valence electrons. The molecule has 2 N–H and O–H groups in total. The molecule has 2 bridgehead atoms. The van der Waals surface area contributed by atoms with Gasteiger partial charge in [0.1, 0.15) is 0 Å². The Morgan fingerprint density at radius 1 is 1.18 bits per heavy atom. The average molecular weight is 238 g/mol. The maximum atomic E-state index is 5.98. The van der Waals surface area contributed by atoms with Gasteiger partial charge in [-0.05, 0) is 31.6 Å². The zero-order valence-corrected chi connectivity index (χ0v) is 11.5. The van der Waals surface area contributed by atoms with Crippen molar-refractivity contribution in [2.24, 2.45) is 11.7 Å². The predicted molar refractivity (Wildman–Crippen MR) is 74.1 cm³/mol. The molecule has 17 heavy (non-hydrogen) atoms. The summed E-state index contributed by atoms with van der Waals surface area (Å²) in [6, 6.07) is 1.58. The molecule has 2 fully saturated rings. The Labute approximate surface area is 107 Å². The van der Waals surface area contributed by atoms with E-state index in [-0.39, 0.29) is 0 Å². The monoisotopic (exact) mass is 238 g/mol. The van der Waals surface area contributed by atoms with Gasteiger partial charge in [-0.2, -0.15) is 0 Å². The Hall–Kier alpha value is -0.0800. The van der Waals surface area contributed by atoms with Gasteiger partial charge in [-0.3, -0.25) is 4.90 Å². The summed E-state index contributed by atoms with van der Waals surface area (Å²) in [6.45, 7) is 4.50. The average Bonchev–Trinajstić information content (AvgIpc) is 2.96. The minimum atomic E-state index is 0.687. The van der Waals surface area contributed by atoms with Crippen LogP contribution in [0.15, 0.2) is 0 Å². The number of piperidine rings is 1. The number of fused-ring (bicyclic) bond motifs is 2. The molecule has 2 heteroatoms. The Kier molecular flexibility index (Phi) is 5.30. The van der Waals surface area contributed by atoms with Crippen LogP contribution in [-0.4, -0.2) is 30.1 Å². The van der Waals surface area contributed by atoms with E-state index in [0.717, 1.165) is 18.5 Å². The third kappa shape index (κ3) is 3.45. The molecule has 0 spiro atoms. The summed E-state index contributed by atoms with van der Waals surface area (Å²) in [5.74, 6) is 1.01. The van der Waals surface area contributed by atoms with E-state index in [0.29, 0.717) is 6.04 Å². The number of rotatable bonds is 8. The lowest BCUT2D eigenvalue weighted by atomic mass is 10.0. The normalized spacial score (nSPS) is 30.0. The Bertz CT molecular complexity index is 217. The van der Waals surface area contributed by atoms with Gasteiger partial charge in [0.05, 0.1) is 0 Å². The van der Waals surface area contributed by atoms with Crippen LogP contribution in [0.2, 0.25) is 0 Å². The number of unbranched alkanes of at least 4 members (excludes halogenated alkanes) is 4. The van der Waals surface area contributed by atoms with Crippen LogP contribution in [-0.2, 0) is 0 Å². The minimum Gasteiger partial charge on any atom is -0.329 e. The van der Waals surface area contributed by atoms with Crippen molar-refractivity contribution in [1.82, 2.24) is 4.90 Å². The fourth-order valence-corrected chi connectivity index (χ4v) is 3.81. The van der Waals surface area contributed by atoms with Crippen molar-refractivity contribution in [2.45, 2.75) is 76.8 Å². The largest absolute Gasteiger partial charge is 0.329 e. The second kappa shape index (κ2) is 6.75. The molecule has 3 atom stereocenters. The predicted octanol–water partition coefficient (Wildman–Crippen LogP) is 3.16. The highest BCUT2D eigenvalue weighted by Crippen LogP contribution is 2.39. The van der Waals surface area contributed by atoms with E-state index >= 15 is 0 Å². The molecular weight excluding hydrogens is 208 g/mol. The zero-order valence-electron chi connectivity index (χ0n) is 11.5. The van der Waals surface area contributed by atoms with Crippen LogP contribution in [0.3, 0.4) is 0 Å². The number of hydrogen-bond acceptors (Lipinski definition) is 2. The molecule has 2 nitrogen and oxygen atoms in total. The fourth-order valence-electron chi connectivity index (χ4n) is 3.81. The van der Waals surface area contributed by atoms with Crippen LogP contribution in [0.4, 0.5) is 0 Å². The molecule has 1 aliphatic heterocycles. The molecule has 1 heterocycles. The first-order valence-corrected chi connectivity index (χ1v) is 7.81. The minimum absolute atomic E-state index is 0.687. The third-order valence-corrected chi connectivity index (χ3v) is 4.83. The summed E-state index contributed by atoms with van der Waals surface area (Å²) in [4.78, 5) is 2.74. The SMILES string of the molecule is CCCCCCCC(CN)N1CC2CCC1C2. The standard InChI is InChI=1S/C15H30N2/c1-2-3-4-5-6-7-15(11-16)17-12-13-8-9-14(17)10-13/h13-15H,2-12,16H2,1H3. The zero-order chi connectivity index (χ0) is 12.1. The van der Waals surface area contributed by atoms with Crippen molar-refractivity contribution in [3.63, 3.8) is 0 Å². The lowest BCUT2D eigenvalue weighted by Gasteiger charge is -2.34. The van der Waals surface area contributed by atoms with Crippen molar-refractivity contribution in [2.75, 3.05) is 13.1 Å². The van der Waals surface area contributed by atoms with E-state index in [1.807, 2.05) is 0 Å². The van der Waals surface area contributed by atoms with E-state index in [9.17, 15) is 0 Å². The summed E-state index contributed by atoms with van der Waals surface area (Å²) in [5, 5.41) is 0. The first-order chi connectivity index (χ1) is 8.35. The van der Waals surface area contributed by atoms with Crippen molar-refractivity contribution in [1.29, 1.82) is 0 Å². The third-order valence-electron chi connectivity index (χ3n) is 4.83. The lowest BCUT2D eigenvalue weighted by Crippen LogP contribution is -2.45. The highest BCUT2D eigenvalue weighted by atomic mass is 15.2. The summed E-state index contributed by atoms with van der Waals surface area (Å²) in [7, 11) is 0. The van der Waals surface area contributed by atoms with Crippen molar-refractivity contribution >= 4 is 0 Å². The Morgan fingerprint density at radius 3 is 2.59 bits per heavy atom. The van der Waals surface area contributed by atoms with E-state index in [1.54, 1.807) is 0 Å². The molecule has 2 rings (SSSR count). The summed E-state index contributed by atoms with van der Waals surface area (Å²) < 4.78 is 0. The molecule has 0 aromatic rings. The van der Waals surface area contributed by atoms with Crippen LogP contribution in [0.5, 0.6) is 0 Å². The molecule has 0 aromatic carbocycles. The molecule has 0 radical (unpaired) electrons. The van der Waals surface area contributed by atoms with Crippen LogP contribution < -0.4 is 5.73 Å². The molecule has 1 aliphatic carbocycles. The fraction of sp³-hybridized carbons (Fsp3) is 1.00. The highest BCUT2D eigenvalue weighted by Gasteiger charge is 2.40. The van der Waals surface area contributed by atoms with Crippen molar-refractivity contribution in [3.8, 4) is 0 Å². The number of nitrogens with two attached hydrogens (primary N) is 1. The quantitative estimate of drug-likeness (QED) is 0.658.